The van der Waals surface area contributed by atoms with Gasteiger partial charge < -0.3 is 24.7 Å². The van der Waals surface area contributed by atoms with Crippen LogP contribution in [0.4, 0.5) is 0 Å². The highest BCUT2D eigenvalue weighted by atomic mass is 16.5. The maximum absolute atomic E-state index is 12.9. The van der Waals surface area contributed by atoms with Crippen LogP contribution in [0.5, 0.6) is 5.75 Å². The molecule has 0 atom stereocenters. The summed E-state index contributed by atoms with van der Waals surface area (Å²) in [5.74, 6) is 1.00. The molecule has 0 aliphatic heterocycles. The molecule has 152 valence electrons. The Hall–Kier alpha value is -2.83. The third kappa shape index (κ3) is 3.86. The number of hydrogen-bond donors (Lipinski definition) is 3. The van der Waals surface area contributed by atoms with Gasteiger partial charge in [0.1, 0.15) is 23.7 Å². The van der Waals surface area contributed by atoms with Crippen molar-refractivity contribution in [2.75, 3.05) is 13.2 Å². The lowest BCUT2D eigenvalue weighted by atomic mass is 9.66. The van der Waals surface area contributed by atoms with Crippen molar-refractivity contribution in [1.29, 1.82) is 0 Å². The summed E-state index contributed by atoms with van der Waals surface area (Å²) in [4.78, 5) is 12.9. The molecule has 0 radical (unpaired) electrons. The van der Waals surface area contributed by atoms with E-state index in [4.69, 9.17) is 9.15 Å². The first-order chi connectivity index (χ1) is 14.0. The number of hydrogen-bond acceptors (Lipinski definition) is 5. The fraction of sp³-hybridized carbons (Fsp3) is 0.348. The highest BCUT2D eigenvalue weighted by Crippen LogP contribution is 2.40. The number of aliphatic hydroxyl groups excluding tert-OH is 2. The predicted octanol–water partition coefficient (Wildman–Crippen LogP) is 3.18. The number of carbonyl (C=O) groups is 1. The lowest BCUT2D eigenvalue weighted by Gasteiger charge is -2.45. The van der Waals surface area contributed by atoms with E-state index < -0.39 is 5.41 Å². The minimum atomic E-state index is -0.482. The van der Waals surface area contributed by atoms with Crippen LogP contribution in [0.15, 0.2) is 52.9 Å². The van der Waals surface area contributed by atoms with Gasteiger partial charge in [-0.1, -0.05) is 30.3 Å². The van der Waals surface area contributed by atoms with Crippen molar-refractivity contribution in [3.8, 4) is 5.75 Å². The fourth-order valence-corrected chi connectivity index (χ4v) is 3.97. The summed E-state index contributed by atoms with van der Waals surface area (Å²) in [7, 11) is 0. The summed E-state index contributed by atoms with van der Waals surface area (Å²) in [6, 6.07) is 15.3. The van der Waals surface area contributed by atoms with E-state index in [9.17, 15) is 15.0 Å². The molecule has 1 amide bonds. The molecular formula is C23H25NO5. The van der Waals surface area contributed by atoms with E-state index in [1.165, 1.54) is 0 Å². The van der Waals surface area contributed by atoms with Gasteiger partial charge in [0.2, 0.25) is 0 Å². The van der Waals surface area contributed by atoms with Crippen molar-refractivity contribution < 1.29 is 24.2 Å². The third-order valence-corrected chi connectivity index (χ3v) is 5.68. The van der Waals surface area contributed by atoms with Crippen LogP contribution < -0.4 is 10.1 Å². The number of benzene rings is 2. The minimum absolute atomic E-state index is 0.0661. The van der Waals surface area contributed by atoms with Gasteiger partial charge in [-0.25, -0.2) is 0 Å². The molecule has 4 rings (SSSR count). The Balaban J connectivity index is 1.50. The Bertz CT molecular complexity index is 999. The van der Waals surface area contributed by atoms with Gasteiger partial charge in [0.25, 0.3) is 5.91 Å². The van der Waals surface area contributed by atoms with Crippen molar-refractivity contribution >= 4 is 16.9 Å². The summed E-state index contributed by atoms with van der Waals surface area (Å²) in [6.07, 6.45) is 1.12. The zero-order chi connectivity index (χ0) is 20.4. The molecule has 6 nitrogen and oxygen atoms in total. The van der Waals surface area contributed by atoms with E-state index in [0.717, 1.165) is 5.56 Å². The standard InChI is InChI=1S/C23H25NO5/c1-15-21(22(27)24-17-10-23(11-17,13-25)14-26)19-9-18(7-8-20(19)29-15)28-12-16-5-3-2-4-6-16/h2-9,17,25-26H,10-14H2,1H3,(H,24,27). The van der Waals surface area contributed by atoms with E-state index >= 15 is 0 Å². The highest BCUT2D eigenvalue weighted by molar-refractivity contribution is 6.07. The first kappa shape index (κ1) is 19.5. The summed E-state index contributed by atoms with van der Waals surface area (Å²) < 4.78 is 11.6. The second-order valence-corrected chi connectivity index (χ2v) is 7.86. The van der Waals surface area contributed by atoms with Gasteiger partial charge in [0, 0.05) is 16.8 Å². The average molecular weight is 395 g/mol. The monoisotopic (exact) mass is 395 g/mol. The van der Waals surface area contributed by atoms with E-state index in [-0.39, 0.29) is 25.2 Å². The molecule has 1 fully saturated rings. The number of fused-ring (bicyclic) bond motifs is 1. The molecule has 6 heteroatoms. The van der Waals surface area contributed by atoms with E-state index in [0.29, 0.717) is 47.5 Å². The van der Waals surface area contributed by atoms with Crippen LogP contribution in [-0.4, -0.2) is 35.4 Å². The third-order valence-electron chi connectivity index (χ3n) is 5.68. The van der Waals surface area contributed by atoms with Gasteiger partial charge in [-0.05, 0) is 43.5 Å². The molecule has 1 saturated carbocycles. The number of rotatable bonds is 7. The van der Waals surface area contributed by atoms with E-state index in [1.54, 1.807) is 6.92 Å². The largest absolute Gasteiger partial charge is 0.489 e. The van der Waals surface area contributed by atoms with Crippen LogP contribution in [0.1, 0.15) is 34.5 Å². The molecule has 0 unspecified atom stereocenters. The smallest absolute Gasteiger partial charge is 0.255 e. The number of amides is 1. The first-order valence-electron chi connectivity index (χ1n) is 9.76. The number of aliphatic hydroxyl groups is 2. The topological polar surface area (TPSA) is 91.9 Å². The van der Waals surface area contributed by atoms with Crippen LogP contribution in [0.3, 0.4) is 0 Å². The summed E-state index contributed by atoms with van der Waals surface area (Å²) >= 11 is 0. The zero-order valence-corrected chi connectivity index (χ0v) is 16.4. The summed E-state index contributed by atoms with van der Waals surface area (Å²) in [5.41, 5.74) is 1.71. The first-order valence-corrected chi connectivity index (χ1v) is 9.76. The van der Waals surface area contributed by atoms with Crippen molar-refractivity contribution in [3.63, 3.8) is 0 Å². The molecule has 2 aromatic carbocycles. The molecule has 1 aliphatic rings. The Labute approximate surface area is 169 Å². The van der Waals surface area contributed by atoms with E-state index in [1.807, 2.05) is 48.5 Å². The maximum Gasteiger partial charge on any atom is 0.255 e. The molecule has 3 N–H and O–H groups in total. The Morgan fingerprint density at radius 3 is 2.59 bits per heavy atom. The lowest BCUT2D eigenvalue weighted by molar-refractivity contribution is -0.0300. The molecule has 0 saturated heterocycles. The number of nitrogens with one attached hydrogen (secondary N) is 1. The van der Waals surface area contributed by atoms with Gasteiger partial charge in [0.15, 0.2) is 0 Å². The number of furan rings is 1. The van der Waals surface area contributed by atoms with Crippen molar-refractivity contribution in [2.24, 2.45) is 5.41 Å². The van der Waals surface area contributed by atoms with Gasteiger partial charge in [-0.3, -0.25) is 4.79 Å². The van der Waals surface area contributed by atoms with Crippen LogP contribution in [-0.2, 0) is 6.61 Å². The van der Waals surface area contributed by atoms with Gasteiger partial charge >= 0.3 is 0 Å². The maximum atomic E-state index is 12.9. The number of aryl methyl sites for hydroxylation is 1. The summed E-state index contributed by atoms with van der Waals surface area (Å²) in [5, 5.41) is 22.5. The molecule has 29 heavy (non-hydrogen) atoms. The Kier molecular flexibility index (Phi) is 5.30. The zero-order valence-electron chi connectivity index (χ0n) is 16.4. The van der Waals surface area contributed by atoms with E-state index in [2.05, 4.69) is 5.32 Å². The fourth-order valence-electron chi connectivity index (χ4n) is 3.97. The second kappa shape index (κ2) is 7.89. The molecule has 1 aromatic heterocycles. The van der Waals surface area contributed by atoms with Crippen LogP contribution >= 0.6 is 0 Å². The van der Waals surface area contributed by atoms with Gasteiger partial charge in [-0.15, -0.1) is 0 Å². The Morgan fingerprint density at radius 1 is 1.17 bits per heavy atom. The number of ether oxygens (including phenoxy) is 1. The minimum Gasteiger partial charge on any atom is -0.489 e. The molecule has 1 heterocycles. The van der Waals surface area contributed by atoms with Crippen LogP contribution in [0.25, 0.3) is 11.0 Å². The normalized spacial score (nSPS) is 15.8. The van der Waals surface area contributed by atoms with Gasteiger partial charge in [0.05, 0.1) is 18.8 Å². The second-order valence-electron chi connectivity index (χ2n) is 7.86. The predicted molar refractivity (Wildman–Crippen MR) is 109 cm³/mol. The van der Waals surface area contributed by atoms with Crippen molar-refractivity contribution in [1.82, 2.24) is 5.32 Å². The van der Waals surface area contributed by atoms with Crippen LogP contribution in [0.2, 0.25) is 0 Å². The average Bonchev–Trinajstić information content (AvgIpc) is 3.04. The van der Waals surface area contributed by atoms with Gasteiger partial charge in [-0.2, -0.15) is 0 Å². The number of carbonyl (C=O) groups excluding carboxylic acids is 1. The van der Waals surface area contributed by atoms with Crippen molar-refractivity contribution in [3.05, 3.63) is 65.4 Å². The Morgan fingerprint density at radius 2 is 1.90 bits per heavy atom. The molecule has 3 aromatic rings. The molecule has 0 bridgehead atoms. The highest BCUT2D eigenvalue weighted by Gasteiger charge is 2.44. The molecule has 1 aliphatic carbocycles. The summed E-state index contributed by atoms with van der Waals surface area (Å²) in [6.45, 7) is 2.06. The molecular weight excluding hydrogens is 370 g/mol. The van der Waals surface area contributed by atoms with Crippen LogP contribution in [0, 0.1) is 12.3 Å². The quantitative estimate of drug-likeness (QED) is 0.571. The lowest BCUT2D eigenvalue weighted by Crippen LogP contribution is -2.54. The van der Waals surface area contributed by atoms with Crippen molar-refractivity contribution in [2.45, 2.75) is 32.4 Å². The SMILES string of the molecule is Cc1oc2ccc(OCc3ccccc3)cc2c1C(=O)NC1CC(CO)(CO)C1. The molecule has 0 spiro atoms.